The minimum absolute atomic E-state index is 0.776. The molecule has 2 saturated heterocycles. The molecule has 88 valence electrons. The van der Waals surface area contributed by atoms with Gasteiger partial charge < -0.3 is 15.5 Å². The SMILES string of the molecule is CN1CCC2C(CN)CCN(C)C2CC1. The van der Waals surface area contributed by atoms with E-state index in [2.05, 4.69) is 23.9 Å². The molecule has 3 atom stereocenters. The fourth-order valence-electron chi connectivity index (χ4n) is 3.38. The minimum Gasteiger partial charge on any atom is -0.330 e. The van der Waals surface area contributed by atoms with Crippen LogP contribution in [0.1, 0.15) is 19.3 Å². The van der Waals surface area contributed by atoms with Crippen LogP contribution in [0.5, 0.6) is 0 Å². The number of piperidine rings is 1. The molecule has 3 nitrogen and oxygen atoms in total. The molecule has 0 bridgehead atoms. The van der Waals surface area contributed by atoms with E-state index in [1.54, 1.807) is 0 Å². The van der Waals surface area contributed by atoms with Crippen LogP contribution >= 0.6 is 0 Å². The van der Waals surface area contributed by atoms with Crippen molar-refractivity contribution in [3.05, 3.63) is 0 Å². The van der Waals surface area contributed by atoms with E-state index < -0.39 is 0 Å². The highest BCUT2D eigenvalue weighted by Crippen LogP contribution is 2.33. The number of nitrogens with two attached hydrogens (primary N) is 1. The molecule has 2 heterocycles. The van der Waals surface area contributed by atoms with Gasteiger partial charge in [-0.25, -0.2) is 0 Å². The van der Waals surface area contributed by atoms with Gasteiger partial charge in [0.05, 0.1) is 0 Å². The number of nitrogens with zero attached hydrogens (tertiary/aromatic N) is 2. The van der Waals surface area contributed by atoms with E-state index in [9.17, 15) is 0 Å². The first-order valence-corrected chi connectivity index (χ1v) is 6.31. The smallest absolute Gasteiger partial charge is 0.0136 e. The molecule has 3 unspecified atom stereocenters. The molecular weight excluding hydrogens is 186 g/mol. The molecule has 0 saturated carbocycles. The van der Waals surface area contributed by atoms with Gasteiger partial charge in [-0.15, -0.1) is 0 Å². The third kappa shape index (κ3) is 2.35. The zero-order valence-electron chi connectivity index (χ0n) is 10.2. The Morgan fingerprint density at radius 3 is 2.53 bits per heavy atom. The number of hydrogen-bond acceptors (Lipinski definition) is 3. The van der Waals surface area contributed by atoms with Gasteiger partial charge in [0.15, 0.2) is 0 Å². The lowest BCUT2D eigenvalue weighted by atomic mass is 9.77. The van der Waals surface area contributed by atoms with Gasteiger partial charge in [0.2, 0.25) is 0 Å². The van der Waals surface area contributed by atoms with Crippen LogP contribution in [0, 0.1) is 11.8 Å². The highest BCUT2D eigenvalue weighted by molar-refractivity contribution is 4.91. The van der Waals surface area contributed by atoms with Crippen LogP contribution in [0.4, 0.5) is 0 Å². The van der Waals surface area contributed by atoms with Gasteiger partial charge in [-0.1, -0.05) is 0 Å². The number of rotatable bonds is 1. The lowest BCUT2D eigenvalue weighted by Gasteiger charge is -2.43. The van der Waals surface area contributed by atoms with Gasteiger partial charge in [0.25, 0.3) is 0 Å². The molecule has 2 rings (SSSR count). The van der Waals surface area contributed by atoms with Crippen molar-refractivity contribution >= 4 is 0 Å². The molecule has 0 radical (unpaired) electrons. The lowest BCUT2D eigenvalue weighted by Crippen LogP contribution is -2.48. The zero-order chi connectivity index (χ0) is 10.8. The maximum Gasteiger partial charge on any atom is 0.0136 e. The molecule has 2 fully saturated rings. The highest BCUT2D eigenvalue weighted by atomic mass is 15.2. The summed E-state index contributed by atoms with van der Waals surface area (Å²) in [6.07, 6.45) is 3.97. The van der Waals surface area contributed by atoms with Gasteiger partial charge in [-0.2, -0.15) is 0 Å². The van der Waals surface area contributed by atoms with Gasteiger partial charge in [-0.3, -0.25) is 0 Å². The van der Waals surface area contributed by atoms with Crippen LogP contribution in [-0.2, 0) is 0 Å². The Bertz CT molecular complexity index is 207. The van der Waals surface area contributed by atoms with Crippen LogP contribution in [0.25, 0.3) is 0 Å². The Kier molecular flexibility index (Phi) is 3.65. The lowest BCUT2D eigenvalue weighted by molar-refractivity contribution is 0.0701. The van der Waals surface area contributed by atoms with E-state index in [4.69, 9.17) is 5.73 Å². The summed E-state index contributed by atoms with van der Waals surface area (Å²) in [5.74, 6) is 1.62. The molecular formula is C12H25N3. The van der Waals surface area contributed by atoms with Crippen LogP contribution < -0.4 is 5.73 Å². The first-order chi connectivity index (χ1) is 7.22. The van der Waals surface area contributed by atoms with Crippen molar-refractivity contribution in [3.8, 4) is 0 Å². The second-order valence-corrected chi connectivity index (χ2v) is 5.38. The van der Waals surface area contributed by atoms with Crippen molar-refractivity contribution < 1.29 is 0 Å². The molecule has 3 heteroatoms. The van der Waals surface area contributed by atoms with E-state index in [1.807, 2.05) is 0 Å². The summed E-state index contributed by atoms with van der Waals surface area (Å²) in [4.78, 5) is 5.04. The van der Waals surface area contributed by atoms with Crippen molar-refractivity contribution in [2.75, 3.05) is 40.3 Å². The normalized spacial score (nSPS) is 39.8. The molecule has 0 aromatic carbocycles. The predicted octanol–water partition coefficient (Wildman–Crippen LogP) is 0.607. The monoisotopic (exact) mass is 211 g/mol. The maximum atomic E-state index is 5.91. The molecule has 2 aliphatic heterocycles. The average molecular weight is 211 g/mol. The summed E-state index contributed by atoms with van der Waals surface area (Å²) in [5, 5.41) is 0. The van der Waals surface area contributed by atoms with Gasteiger partial charge >= 0.3 is 0 Å². The van der Waals surface area contributed by atoms with Crippen LogP contribution in [0.2, 0.25) is 0 Å². The third-order valence-electron chi connectivity index (χ3n) is 4.47. The maximum absolute atomic E-state index is 5.91. The quantitative estimate of drug-likeness (QED) is 0.690. The summed E-state index contributed by atoms with van der Waals surface area (Å²) in [6, 6.07) is 0.789. The van der Waals surface area contributed by atoms with Gasteiger partial charge in [0.1, 0.15) is 0 Å². The molecule has 0 aromatic rings. The molecule has 2 N–H and O–H groups in total. The zero-order valence-corrected chi connectivity index (χ0v) is 10.2. The Hall–Kier alpha value is -0.120. The number of likely N-dealkylation sites (tertiary alicyclic amines) is 2. The average Bonchev–Trinajstić information content (AvgIpc) is 2.43. The van der Waals surface area contributed by atoms with Crippen molar-refractivity contribution in [2.45, 2.75) is 25.3 Å². The van der Waals surface area contributed by atoms with Crippen LogP contribution in [0.15, 0.2) is 0 Å². The Balaban J connectivity index is 2.08. The standard InChI is InChI=1S/C12H25N3/c1-14-6-4-11-10(9-13)3-8-15(2)12(11)5-7-14/h10-12H,3-9,13H2,1-2H3. The Labute approximate surface area is 93.6 Å². The van der Waals surface area contributed by atoms with E-state index >= 15 is 0 Å². The summed E-state index contributed by atoms with van der Waals surface area (Å²) in [6.45, 7) is 4.64. The second kappa shape index (κ2) is 4.81. The molecule has 0 amide bonds. The third-order valence-corrected chi connectivity index (χ3v) is 4.47. The first-order valence-electron chi connectivity index (χ1n) is 6.31. The second-order valence-electron chi connectivity index (χ2n) is 5.38. The summed E-state index contributed by atoms with van der Waals surface area (Å²) >= 11 is 0. The molecule has 0 aliphatic carbocycles. The summed E-state index contributed by atoms with van der Waals surface area (Å²) in [5.41, 5.74) is 5.91. The minimum atomic E-state index is 0.776. The number of fused-ring (bicyclic) bond motifs is 1. The van der Waals surface area contributed by atoms with E-state index in [-0.39, 0.29) is 0 Å². The highest BCUT2D eigenvalue weighted by Gasteiger charge is 2.36. The molecule has 0 aromatic heterocycles. The van der Waals surface area contributed by atoms with Crippen molar-refractivity contribution in [3.63, 3.8) is 0 Å². The topological polar surface area (TPSA) is 32.5 Å². The summed E-state index contributed by atoms with van der Waals surface area (Å²) in [7, 11) is 4.53. The first kappa shape index (κ1) is 11.4. The van der Waals surface area contributed by atoms with Crippen LogP contribution in [0.3, 0.4) is 0 Å². The van der Waals surface area contributed by atoms with Gasteiger partial charge in [-0.05, 0) is 71.4 Å². The molecule has 0 spiro atoms. The molecule has 2 aliphatic rings. The Morgan fingerprint density at radius 2 is 1.80 bits per heavy atom. The van der Waals surface area contributed by atoms with Crippen molar-refractivity contribution in [1.29, 1.82) is 0 Å². The van der Waals surface area contributed by atoms with Crippen molar-refractivity contribution in [1.82, 2.24) is 9.80 Å². The predicted molar refractivity (Wildman–Crippen MR) is 63.8 cm³/mol. The van der Waals surface area contributed by atoms with Gasteiger partial charge in [0, 0.05) is 6.04 Å². The largest absolute Gasteiger partial charge is 0.330 e. The van der Waals surface area contributed by atoms with Crippen LogP contribution in [-0.4, -0.2) is 56.1 Å². The molecule has 15 heavy (non-hydrogen) atoms. The fourth-order valence-corrected chi connectivity index (χ4v) is 3.38. The van der Waals surface area contributed by atoms with Crippen molar-refractivity contribution in [2.24, 2.45) is 17.6 Å². The van der Waals surface area contributed by atoms with E-state index in [1.165, 1.54) is 38.9 Å². The van der Waals surface area contributed by atoms with E-state index in [0.29, 0.717) is 0 Å². The number of hydrogen-bond donors (Lipinski definition) is 1. The summed E-state index contributed by atoms with van der Waals surface area (Å²) < 4.78 is 0. The van der Waals surface area contributed by atoms with E-state index in [0.717, 1.165) is 24.4 Å². The Morgan fingerprint density at radius 1 is 1.07 bits per heavy atom. The fraction of sp³-hybridized carbons (Fsp3) is 1.00.